The standard InChI is InChI=1S/C20H16ClN3O3S/c1-3-7-24-19(27)16(18(26)22-20(24)28)10-15-9-13(11-23(15)2)17(25)12-5-4-6-14(21)8-12/h3-6,8-11H,1,7H2,2H3,(H,22,26,28)/b16-10+. The molecule has 28 heavy (non-hydrogen) atoms. The Hall–Kier alpha value is -3.03. The minimum absolute atomic E-state index is 0.0377. The summed E-state index contributed by atoms with van der Waals surface area (Å²) >= 11 is 11.0. The Kier molecular flexibility index (Phi) is 5.58. The Morgan fingerprint density at radius 1 is 1.29 bits per heavy atom. The van der Waals surface area contributed by atoms with Gasteiger partial charge in [0.15, 0.2) is 10.9 Å². The molecule has 0 atom stereocenters. The number of nitrogens with zero attached hydrogens (tertiary/aromatic N) is 2. The van der Waals surface area contributed by atoms with Gasteiger partial charge < -0.3 is 4.57 Å². The van der Waals surface area contributed by atoms with Gasteiger partial charge in [0, 0.05) is 41.6 Å². The van der Waals surface area contributed by atoms with E-state index in [-0.39, 0.29) is 23.0 Å². The van der Waals surface area contributed by atoms with E-state index in [1.54, 1.807) is 48.1 Å². The summed E-state index contributed by atoms with van der Waals surface area (Å²) in [6.45, 7) is 3.77. The van der Waals surface area contributed by atoms with Gasteiger partial charge in [-0.1, -0.05) is 29.8 Å². The lowest BCUT2D eigenvalue weighted by molar-refractivity contribution is -0.128. The van der Waals surface area contributed by atoms with Crippen molar-refractivity contribution < 1.29 is 14.4 Å². The van der Waals surface area contributed by atoms with Crippen molar-refractivity contribution in [3.05, 3.63) is 76.6 Å². The molecular weight excluding hydrogens is 398 g/mol. The van der Waals surface area contributed by atoms with Gasteiger partial charge in [-0.2, -0.15) is 0 Å². The van der Waals surface area contributed by atoms with Gasteiger partial charge in [-0.15, -0.1) is 6.58 Å². The number of nitrogens with one attached hydrogen (secondary N) is 1. The van der Waals surface area contributed by atoms with Crippen LogP contribution >= 0.6 is 23.8 Å². The molecular formula is C20H16ClN3O3S. The number of aromatic nitrogens is 1. The first-order chi connectivity index (χ1) is 13.3. The van der Waals surface area contributed by atoms with Crippen molar-refractivity contribution in [2.75, 3.05) is 6.54 Å². The third kappa shape index (κ3) is 3.81. The highest BCUT2D eigenvalue weighted by Gasteiger charge is 2.32. The number of thiocarbonyl (C=S) groups is 1. The molecule has 1 fully saturated rings. The average molecular weight is 414 g/mol. The van der Waals surface area contributed by atoms with E-state index >= 15 is 0 Å². The van der Waals surface area contributed by atoms with Crippen LogP contribution in [0, 0.1) is 0 Å². The number of ketones is 1. The third-order valence-electron chi connectivity index (χ3n) is 4.18. The van der Waals surface area contributed by atoms with Crippen LogP contribution in [0.3, 0.4) is 0 Å². The molecule has 6 nitrogen and oxygen atoms in total. The van der Waals surface area contributed by atoms with Crippen LogP contribution in [0.2, 0.25) is 5.02 Å². The summed E-state index contributed by atoms with van der Waals surface area (Å²) < 4.78 is 1.66. The molecule has 0 radical (unpaired) electrons. The molecule has 1 aromatic carbocycles. The van der Waals surface area contributed by atoms with E-state index in [2.05, 4.69) is 11.9 Å². The van der Waals surface area contributed by atoms with E-state index in [1.807, 2.05) is 0 Å². The highest BCUT2D eigenvalue weighted by atomic mass is 35.5. The zero-order valence-corrected chi connectivity index (χ0v) is 16.5. The molecule has 1 aromatic heterocycles. The van der Waals surface area contributed by atoms with E-state index in [9.17, 15) is 14.4 Å². The van der Waals surface area contributed by atoms with Crippen molar-refractivity contribution in [3.63, 3.8) is 0 Å². The molecule has 2 aromatic rings. The zero-order valence-electron chi connectivity index (χ0n) is 14.9. The Labute approximate surface area is 172 Å². The molecule has 8 heteroatoms. The number of hydrogen-bond acceptors (Lipinski definition) is 4. The summed E-state index contributed by atoms with van der Waals surface area (Å²) in [7, 11) is 1.72. The van der Waals surface area contributed by atoms with Gasteiger partial charge in [0.1, 0.15) is 5.57 Å². The maximum Gasteiger partial charge on any atom is 0.266 e. The number of halogens is 1. The van der Waals surface area contributed by atoms with Crippen molar-refractivity contribution in [2.45, 2.75) is 0 Å². The third-order valence-corrected chi connectivity index (χ3v) is 4.74. The molecule has 3 rings (SSSR count). The first-order valence-electron chi connectivity index (χ1n) is 8.28. The first-order valence-corrected chi connectivity index (χ1v) is 9.07. The molecule has 142 valence electrons. The van der Waals surface area contributed by atoms with Crippen molar-refractivity contribution in [2.24, 2.45) is 7.05 Å². The van der Waals surface area contributed by atoms with E-state index in [1.165, 1.54) is 17.1 Å². The molecule has 1 aliphatic heterocycles. The Balaban J connectivity index is 1.95. The number of carbonyl (C=O) groups is 3. The summed E-state index contributed by atoms with van der Waals surface area (Å²) in [5, 5.41) is 2.99. The van der Waals surface area contributed by atoms with E-state index in [0.717, 1.165) is 0 Å². The lowest BCUT2D eigenvalue weighted by Crippen LogP contribution is -2.53. The van der Waals surface area contributed by atoms with E-state index in [4.69, 9.17) is 23.8 Å². The highest BCUT2D eigenvalue weighted by molar-refractivity contribution is 7.80. The second-order valence-electron chi connectivity index (χ2n) is 6.13. The van der Waals surface area contributed by atoms with Gasteiger partial charge in [-0.3, -0.25) is 24.6 Å². The number of benzene rings is 1. The van der Waals surface area contributed by atoms with Crippen molar-refractivity contribution in [1.29, 1.82) is 0 Å². The second kappa shape index (κ2) is 7.92. The minimum Gasteiger partial charge on any atom is -0.350 e. The van der Waals surface area contributed by atoms with Gasteiger partial charge in [0.25, 0.3) is 11.8 Å². The molecule has 0 unspecified atom stereocenters. The summed E-state index contributed by atoms with van der Waals surface area (Å²) in [6, 6.07) is 8.25. The topological polar surface area (TPSA) is 71.4 Å². The maximum atomic E-state index is 12.7. The summed E-state index contributed by atoms with van der Waals surface area (Å²) in [6.07, 6.45) is 4.58. The van der Waals surface area contributed by atoms with Crippen molar-refractivity contribution in [1.82, 2.24) is 14.8 Å². The quantitative estimate of drug-likeness (QED) is 0.269. The first kappa shape index (κ1) is 19.7. The minimum atomic E-state index is -0.584. The molecule has 2 heterocycles. The smallest absolute Gasteiger partial charge is 0.266 e. The second-order valence-corrected chi connectivity index (χ2v) is 6.95. The number of carbonyl (C=O) groups excluding carboxylic acids is 3. The van der Waals surface area contributed by atoms with Crippen LogP contribution in [-0.4, -0.2) is 38.7 Å². The van der Waals surface area contributed by atoms with Crippen LogP contribution in [0.15, 0.2) is 54.8 Å². The Bertz CT molecular complexity index is 1050. The van der Waals surface area contributed by atoms with Crippen LogP contribution in [-0.2, 0) is 16.6 Å². The predicted molar refractivity (Wildman–Crippen MR) is 111 cm³/mol. The van der Waals surface area contributed by atoms with Crippen LogP contribution in [0.5, 0.6) is 0 Å². The summed E-state index contributed by atoms with van der Waals surface area (Å²) in [5.74, 6) is -1.31. The summed E-state index contributed by atoms with van der Waals surface area (Å²) in [5.41, 5.74) is 1.32. The number of amides is 2. The van der Waals surface area contributed by atoms with Gasteiger partial charge in [-0.05, 0) is 36.5 Å². The molecule has 2 amide bonds. The number of hydrogen-bond donors (Lipinski definition) is 1. The summed E-state index contributed by atoms with van der Waals surface area (Å²) in [4.78, 5) is 38.8. The number of aryl methyl sites for hydroxylation is 1. The molecule has 0 saturated carbocycles. The lowest BCUT2D eigenvalue weighted by Gasteiger charge is -2.27. The SMILES string of the molecule is C=CCN1C(=O)/C(=C/c2cc(C(=O)c3cccc(Cl)c3)cn2C)C(=O)NC1=S. The van der Waals surface area contributed by atoms with Crippen LogP contribution in [0.25, 0.3) is 6.08 Å². The normalized spacial score (nSPS) is 15.7. The van der Waals surface area contributed by atoms with Gasteiger partial charge >= 0.3 is 0 Å². The molecule has 1 aliphatic rings. The van der Waals surface area contributed by atoms with Crippen LogP contribution < -0.4 is 5.32 Å². The molecule has 1 N–H and O–H groups in total. The molecule has 0 aliphatic carbocycles. The fourth-order valence-electron chi connectivity index (χ4n) is 2.78. The largest absolute Gasteiger partial charge is 0.350 e. The van der Waals surface area contributed by atoms with E-state index < -0.39 is 11.8 Å². The van der Waals surface area contributed by atoms with Gasteiger partial charge in [0.05, 0.1) is 0 Å². The Morgan fingerprint density at radius 3 is 2.71 bits per heavy atom. The molecule has 0 bridgehead atoms. The lowest BCUT2D eigenvalue weighted by atomic mass is 10.1. The van der Waals surface area contributed by atoms with Crippen molar-refractivity contribution in [3.8, 4) is 0 Å². The average Bonchev–Trinajstić information content (AvgIpc) is 3.02. The monoisotopic (exact) mass is 413 g/mol. The fraction of sp³-hybridized carbons (Fsp3) is 0.100. The van der Waals surface area contributed by atoms with Gasteiger partial charge in [-0.25, -0.2) is 0 Å². The van der Waals surface area contributed by atoms with Crippen molar-refractivity contribution >= 4 is 52.6 Å². The van der Waals surface area contributed by atoms with E-state index in [0.29, 0.717) is 21.8 Å². The highest BCUT2D eigenvalue weighted by Crippen LogP contribution is 2.20. The molecule has 0 spiro atoms. The van der Waals surface area contributed by atoms with Crippen LogP contribution in [0.1, 0.15) is 21.6 Å². The maximum absolute atomic E-state index is 12.7. The zero-order chi connectivity index (χ0) is 20.4. The van der Waals surface area contributed by atoms with Crippen LogP contribution in [0.4, 0.5) is 0 Å². The predicted octanol–water partition coefficient (Wildman–Crippen LogP) is 2.72. The fourth-order valence-corrected chi connectivity index (χ4v) is 3.22. The van der Waals surface area contributed by atoms with Gasteiger partial charge in [0.2, 0.25) is 0 Å². The number of rotatable bonds is 5. The Morgan fingerprint density at radius 2 is 2.04 bits per heavy atom. The molecule has 1 saturated heterocycles.